The molecule has 0 unspecified atom stereocenters. The number of benzene rings is 1. The van der Waals surface area contributed by atoms with Crippen molar-refractivity contribution in [1.29, 1.82) is 0 Å². The van der Waals surface area contributed by atoms with Gasteiger partial charge in [-0.25, -0.2) is 8.42 Å². The number of anilines is 1. The maximum Gasteiger partial charge on any atom is 0.324 e. The van der Waals surface area contributed by atoms with Gasteiger partial charge in [0.1, 0.15) is 0 Å². The summed E-state index contributed by atoms with van der Waals surface area (Å²) >= 11 is 1.05. The maximum absolute atomic E-state index is 11.6. The Morgan fingerprint density at radius 1 is 1.35 bits per heavy atom. The molecule has 106 valence electrons. The standard InChI is InChI=1S/C12H12N2O4S2/c1-20(17,18)11-5-3-2-4-10(11)13-7-9-6-12(14(15)16)19-8-9/h2-6,8,13H,7H2,1H3. The molecule has 0 atom stereocenters. The largest absolute Gasteiger partial charge is 0.380 e. The van der Waals surface area contributed by atoms with Crippen LogP contribution in [-0.2, 0) is 16.4 Å². The van der Waals surface area contributed by atoms with E-state index in [1.807, 2.05) is 0 Å². The van der Waals surface area contributed by atoms with E-state index < -0.39 is 14.8 Å². The third kappa shape index (κ3) is 3.34. The van der Waals surface area contributed by atoms with Crippen LogP contribution in [-0.4, -0.2) is 19.6 Å². The first-order valence-corrected chi connectivity index (χ1v) is 8.40. The SMILES string of the molecule is CS(=O)(=O)c1ccccc1NCc1csc([N+](=O)[O-])c1. The van der Waals surface area contributed by atoms with Gasteiger partial charge in [0.05, 0.1) is 15.5 Å². The van der Waals surface area contributed by atoms with Crippen LogP contribution in [0.3, 0.4) is 0 Å². The van der Waals surface area contributed by atoms with E-state index in [2.05, 4.69) is 5.32 Å². The third-order valence-electron chi connectivity index (χ3n) is 2.59. The second-order valence-electron chi connectivity index (χ2n) is 4.17. The van der Waals surface area contributed by atoms with Crippen molar-refractivity contribution in [3.63, 3.8) is 0 Å². The summed E-state index contributed by atoms with van der Waals surface area (Å²) in [5.41, 5.74) is 1.23. The number of nitrogens with zero attached hydrogens (tertiary/aromatic N) is 1. The van der Waals surface area contributed by atoms with Gasteiger partial charge in [-0.1, -0.05) is 23.5 Å². The number of nitrogens with one attached hydrogen (secondary N) is 1. The normalized spacial score (nSPS) is 11.2. The summed E-state index contributed by atoms with van der Waals surface area (Å²) in [6.45, 7) is 0.330. The second-order valence-corrected chi connectivity index (χ2v) is 7.05. The molecule has 6 nitrogen and oxygen atoms in total. The smallest absolute Gasteiger partial charge is 0.324 e. The highest BCUT2D eigenvalue weighted by atomic mass is 32.2. The lowest BCUT2D eigenvalue weighted by atomic mass is 10.3. The number of para-hydroxylation sites is 1. The molecular formula is C12H12N2O4S2. The average Bonchev–Trinajstić information content (AvgIpc) is 2.84. The van der Waals surface area contributed by atoms with Crippen LogP contribution >= 0.6 is 11.3 Å². The zero-order chi connectivity index (χ0) is 14.8. The van der Waals surface area contributed by atoms with E-state index in [9.17, 15) is 18.5 Å². The third-order valence-corrected chi connectivity index (χ3v) is 4.67. The van der Waals surface area contributed by atoms with E-state index in [1.54, 1.807) is 23.6 Å². The number of sulfone groups is 1. The Labute approximate surface area is 120 Å². The number of nitro groups is 1. The molecule has 0 fully saturated rings. The van der Waals surface area contributed by atoms with E-state index in [0.717, 1.165) is 23.2 Å². The molecule has 1 aromatic carbocycles. The Morgan fingerprint density at radius 3 is 2.65 bits per heavy atom. The summed E-state index contributed by atoms with van der Waals surface area (Å²) in [5.74, 6) is 0. The molecule has 2 aromatic rings. The van der Waals surface area contributed by atoms with E-state index in [0.29, 0.717) is 12.2 Å². The number of rotatable bonds is 5. The first-order valence-electron chi connectivity index (χ1n) is 5.62. The Hall–Kier alpha value is -1.93. The molecule has 0 aliphatic heterocycles. The van der Waals surface area contributed by atoms with Crippen molar-refractivity contribution in [3.8, 4) is 0 Å². The molecule has 8 heteroatoms. The summed E-state index contributed by atoms with van der Waals surface area (Å²) in [6.07, 6.45) is 1.14. The summed E-state index contributed by atoms with van der Waals surface area (Å²) in [4.78, 5) is 10.4. The molecule has 1 aromatic heterocycles. The molecule has 2 rings (SSSR count). The van der Waals surface area contributed by atoms with E-state index >= 15 is 0 Å². The lowest BCUT2D eigenvalue weighted by molar-refractivity contribution is -0.380. The highest BCUT2D eigenvalue weighted by Gasteiger charge is 2.13. The van der Waals surface area contributed by atoms with Gasteiger partial charge in [0.25, 0.3) is 0 Å². The van der Waals surface area contributed by atoms with Crippen LogP contribution in [0.25, 0.3) is 0 Å². The quantitative estimate of drug-likeness (QED) is 0.677. The van der Waals surface area contributed by atoms with Gasteiger partial charge in [0.15, 0.2) is 9.84 Å². The Kier molecular flexibility index (Phi) is 4.05. The fourth-order valence-corrected chi connectivity index (χ4v) is 3.28. The van der Waals surface area contributed by atoms with E-state index in [-0.39, 0.29) is 9.90 Å². The summed E-state index contributed by atoms with van der Waals surface area (Å²) in [6, 6.07) is 8.04. The van der Waals surface area contributed by atoms with Crippen molar-refractivity contribution in [1.82, 2.24) is 0 Å². The number of hydrogen-bond acceptors (Lipinski definition) is 6. The first kappa shape index (κ1) is 14.5. The predicted octanol–water partition coefficient (Wildman–Crippen LogP) is 2.67. The van der Waals surface area contributed by atoms with Gasteiger partial charge in [-0.3, -0.25) is 10.1 Å². The molecule has 0 aliphatic carbocycles. The van der Waals surface area contributed by atoms with Gasteiger partial charge >= 0.3 is 5.00 Å². The molecule has 0 amide bonds. The fourth-order valence-electron chi connectivity index (χ4n) is 1.68. The van der Waals surface area contributed by atoms with Crippen LogP contribution in [0, 0.1) is 10.1 Å². The van der Waals surface area contributed by atoms with Crippen molar-refractivity contribution in [2.75, 3.05) is 11.6 Å². The van der Waals surface area contributed by atoms with E-state index in [4.69, 9.17) is 0 Å². The molecule has 0 aliphatic rings. The van der Waals surface area contributed by atoms with Gasteiger partial charge in [0, 0.05) is 24.2 Å². The minimum absolute atomic E-state index is 0.0678. The topological polar surface area (TPSA) is 89.3 Å². The van der Waals surface area contributed by atoms with Crippen LogP contribution in [0.15, 0.2) is 40.6 Å². The fraction of sp³-hybridized carbons (Fsp3) is 0.167. The Balaban J connectivity index is 2.17. The zero-order valence-corrected chi connectivity index (χ0v) is 12.2. The van der Waals surface area contributed by atoms with E-state index in [1.165, 1.54) is 12.1 Å². The van der Waals surface area contributed by atoms with Crippen molar-refractivity contribution in [2.45, 2.75) is 11.4 Å². The summed E-state index contributed by atoms with van der Waals surface area (Å²) < 4.78 is 23.3. The zero-order valence-electron chi connectivity index (χ0n) is 10.6. The second kappa shape index (κ2) is 5.59. The highest BCUT2D eigenvalue weighted by molar-refractivity contribution is 7.90. The molecule has 20 heavy (non-hydrogen) atoms. The summed E-state index contributed by atoms with van der Waals surface area (Å²) in [5, 5.41) is 15.3. The Morgan fingerprint density at radius 2 is 2.05 bits per heavy atom. The minimum Gasteiger partial charge on any atom is -0.380 e. The molecule has 0 spiro atoms. The summed E-state index contributed by atoms with van der Waals surface area (Å²) in [7, 11) is -3.31. The molecule has 0 radical (unpaired) electrons. The molecule has 1 heterocycles. The number of hydrogen-bond donors (Lipinski definition) is 1. The van der Waals surface area contributed by atoms with Crippen molar-refractivity contribution in [2.24, 2.45) is 0 Å². The van der Waals surface area contributed by atoms with Crippen molar-refractivity contribution >= 4 is 31.9 Å². The lowest BCUT2D eigenvalue weighted by Crippen LogP contribution is -2.05. The van der Waals surface area contributed by atoms with Crippen molar-refractivity contribution in [3.05, 3.63) is 51.4 Å². The van der Waals surface area contributed by atoms with Gasteiger partial charge in [-0.2, -0.15) is 0 Å². The van der Waals surface area contributed by atoms with Gasteiger partial charge in [-0.05, 0) is 17.7 Å². The Bertz CT molecular complexity index is 737. The number of thiophene rings is 1. The molecule has 1 N–H and O–H groups in total. The van der Waals surface area contributed by atoms with Crippen LogP contribution in [0.2, 0.25) is 0 Å². The minimum atomic E-state index is -3.31. The monoisotopic (exact) mass is 312 g/mol. The first-order chi connectivity index (χ1) is 9.38. The lowest BCUT2D eigenvalue weighted by Gasteiger charge is -2.09. The highest BCUT2D eigenvalue weighted by Crippen LogP contribution is 2.25. The molecular weight excluding hydrogens is 300 g/mol. The van der Waals surface area contributed by atoms with Crippen LogP contribution in [0.4, 0.5) is 10.7 Å². The predicted molar refractivity (Wildman–Crippen MR) is 77.9 cm³/mol. The average molecular weight is 312 g/mol. The van der Waals surface area contributed by atoms with Crippen LogP contribution in [0.1, 0.15) is 5.56 Å². The molecule has 0 bridgehead atoms. The molecule has 0 saturated heterocycles. The van der Waals surface area contributed by atoms with Gasteiger partial charge < -0.3 is 5.32 Å². The van der Waals surface area contributed by atoms with Gasteiger partial charge in [0.2, 0.25) is 0 Å². The molecule has 0 saturated carbocycles. The van der Waals surface area contributed by atoms with Crippen molar-refractivity contribution < 1.29 is 13.3 Å². The van der Waals surface area contributed by atoms with Gasteiger partial charge in [-0.15, -0.1) is 0 Å². The maximum atomic E-state index is 11.6. The van der Waals surface area contributed by atoms with Crippen LogP contribution in [0.5, 0.6) is 0 Å². The van der Waals surface area contributed by atoms with Crippen LogP contribution < -0.4 is 5.32 Å².